The number of carbonyl (C=O) groups is 2. The lowest BCUT2D eigenvalue weighted by atomic mass is 9.82. The molecule has 0 aliphatic carbocycles. The number of benzene rings is 1. The largest absolute Gasteiger partial charge is 0.481 e. The predicted octanol–water partition coefficient (Wildman–Crippen LogP) is 3.28. The first kappa shape index (κ1) is 18.7. The van der Waals surface area contributed by atoms with E-state index in [2.05, 4.69) is 10.3 Å². The van der Waals surface area contributed by atoms with E-state index in [4.69, 9.17) is 4.42 Å². The average Bonchev–Trinajstić information content (AvgIpc) is 3.11. The Labute approximate surface area is 147 Å². The fraction of sp³-hybridized carbons (Fsp3) is 0.421. The van der Waals surface area contributed by atoms with Gasteiger partial charge < -0.3 is 14.8 Å². The molecule has 134 valence electrons. The van der Waals surface area contributed by atoms with Crippen molar-refractivity contribution < 1.29 is 19.1 Å². The molecule has 0 saturated heterocycles. The number of aliphatic carboxylic acids is 1. The van der Waals surface area contributed by atoms with Crippen molar-refractivity contribution >= 4 is 11.9 Å². The topological polar surface area (TPSA) is 92.4 Å². The number of hydrogen-bond acceptors (Lipinski definition) is 4. The van der Waals surface area contributed by atoms with Gasteiger partial charge in [-0.05, 0) is 12.8 Å². The molecule has 0 spiro atoms. The summed E-state index contributed by atoms with van der Waals surface area (Å²) in [5.74, 6) is 0.0762. The third-order valence-electron chi connectivity index (χ3n) is 4.61. The van der Waals surface area contributed by atoms with E-state index in [1.807, 2.05) is 44.2 Å². The highest BCUT2D eigenvalue weighted by Crippen LogP contribution is 2.25. The van der Waals surface area contributed by atoms with Gasteiger partial charge in [-0.25, -0.2) is 4.98 Å². The van der Waals surface area contributed by atoms with Gasteiger partial charge in [0, 0.05) is 24.9 Å². The number of carboxylic acids is 1. The molecule has 0 unspecified atom stereocenters. The van der Waals surface area contributed by atoms with Crippen LogP contribution < -0.4 is 5.32 Å². The fourth-order valence-corrected chi connectivity index (χ4v) is 2.62. The molecule has 0 fully saturated rings. The predicted molar refractivity (Wildman–Crippen MR) is 93.9 cm³/mol. The molecule has 1 amide bonds. The number of oxazole rings is 1. The van der Waals surface area contributed by atoms with Gasteiger partial charge in [-0.3, -0.25) is 9.59 Å². The van der Waals surface area contributed by atoms with Crippen molar-refractivity contribution in [2.24, 2.45) is 5.41 Å². The quantitative estimate of drug-likeness (QED) is 0.728. The smallest absolute Gasteiger partial charge is 0.311 e. The van der Waals surface area contributed by atoms with Gasteiger partial charge in [0.15, 0.2) is 11.7 Å². The third kappa shape index (κ3) is 4.68. The fourth-order valence-electron chi connectivity index (χ4n) is 2.62. The number of carbonyl (C=O) groups excluding carboxylic acids is 1. The van der Waals surface area contributed by atoms with Gasteiger partial charge in [0.25, 0.3) is 0 Å². The maximum atomic E-state index is 12.0. The van der Waals surface area contributed by atoms with Crippen molar-refractivity contribution in [1.82, 2.24) is 10.3 Å². The Kier molecular flexibility index (Phi) is 6.33. The minimum absolute atomic E-state index is 0.134. The zero-order valence-electron chi connectivity index (χ0n) is 14.6. The molecular weight excluding hydrogens is 320 g/mol. The maximum Gasteiger partial charge on any atom is 0.311 e. The van der Waals surface area contributed by atoms with E-state index < -0.39 is 11.4 Å². The van der Waals surface area contributed by atoms with Gasteiger partial charge in [-0.2, -0.15) is 0 Å². The van der Waals surface area contributed by atoms with Crippen LogP contribution in [0.1, 0.15) is 39.0 Å². The molecule has 25 heavy (non-hydrogen) atoms. The molecule has 2 rings (SSSR count). The molecule has 6 heteroatoms. The van der Waals surface area contributed by atoms with Gasteiger partial charge in [0.2, 0.25) is 5.91 Å². The van der Waals surface area contributed by atoms with Crippen LogP contribution in [0, 0.1) is 5.41 Å². The molecule has 6 nitrogen and oxygen atoms in total. The highest BCUT2D eigenvalue weighted by atomic mass is 16.4. The summed E-state index contributed by atoms with van der Waals surface area (Å²) in [4.78, 5) is 27.7. The second kappa shape index (κ2) is 8.46. The van der Waals surface area contributed by atoms with Crippen LogP contribution in [-0.4, -0.2) is 28.5 Å². The Balaban J connectivity index is 1.86. The molecule has 2 aromatic rings. The molecular formula is C19H24N2O4. The molecule has 0 saturated carbocycles. The van der Waals surface area contributed by atoms with Crippen LogP contribution in [0.3, 0.4) is 0 Å². The van der Waals surface area contributed by atoms with Gasteiger partial charge >= 0.3 is 5.97 Å². The Morgan fingerprint density at radius 3 is 2.48 bits per heavy atom. The van der Waals surface area contributed by atoms with Crippen molar-refractivity contribution in [3.8, 4) is 11.3 Å². The zero-order chi connectivity index (χ0) is 18.3. The number of hydrogen-bond donors (Lipinski definition) is 2. The highest BCUT2D eigenvalue weighted by Gasteiger charge is 2.35. The summed E-state index contributed by atoms with van der Waals surface area (Å²) < 4.78 is 5.66. The Bertz CT molecular complexity index is 705. The van der Waals surface area contributed by atoms with Crippen LogP contribution >= 0.6 is 0 Å². The van der Waals surface area contributed by atoms with Crippen LogP contribution in [0.4, 0.5) is 0 Å². The summed E-state index contributed by atoms with van der Waals surface area (Å²) in [5.41, 5.74) is 0.0295. The molecule has 0 aliphatic heterocycles. The van der Waals surface area contributed by atoms with Crippen LogP contribution in [-0.2, 0) is 16.0 Å². The lowest BCUT2D eigenvalue weighted by Gasteiger charge is -2.26. The monoisotopic (exact) mass is 344 g/mol. The van der Waals surface area contributed by atoms with Crippen LogP contribution in [0.2, 0.25) is 0 Å². The van der Waals surface area contributed by atoms with Crippen molar-refractivity contribution in [3.05, 3.63) is 42.4 Å². The number of aromatic nitrogens is 1. The number of nitrogens with one attached hydrogen (secondary N) is 1. The maximum absolute atomic E-state index is 12.0. The minimum atomic E-state index is -0.904. The molecule has 2 N–H and O–H groups in total. The normalized spacial score (nSPS) is 11.3. The number of rotatable bonds is 9. The standard InChI is InChI=1S/C19H24N2O4/c1-3-19(4-2,18(23)24)13-21-16(22)10-11-17-20-12-15(25-17)14-8-6-5-7-9-14/h5-9,12H,3-4,10-11,13H2,1-2H3,(H,21,22)(H,23,24). The molecule has 0 atom stereocenters. The summed E-state index contributed by atoms with van der Waals surface area (Å²) >= 11 is 0. The van der Waals surface area contributed by atoms with Crippen LogP contribution in [0.25, 0.3) is 11.3 Å². The van der Waals surface area contributed by atoms with Crippen LogP contribution in [0.15, 0.2) is 40.9 Å². The molecule has 0 bridgehead atoms. The lowest BCUT2D eigenvalue weighted by molar-refractivity contribution is -0.149. The molecule has 1 aromatic heterocycles. The number of nitrogens with zero attached hydrogens (tertiary/aromatic N) is 1. The SMILES string of the molecule is CCC(CC)(CNC(=O)CCc1ncc(-c2ccccc2)o1)C(=O)O. The summed E-state index contributed by atoms with van der Waals surface area (Å²) in [5, 5.41) is 12.1. The Hall–Kier alpha value is -2.63. The number of aryl methyl sites for hydroxylation is 1. The highest BCUT2D eigenvalue weighted by molar-refractivity contribution is 5.79. The van der Waals surface area contributed by atoms with Crippen LogP contribution in [0.5, 0.6) is 0 Å². The molecule has 1 aromatic carbocycles. The average molecular weight is 344 g/mol. The Morgan fingerprint density at radius 2 is 1.88 bits per heavy atom. The summed E-state index contributed by atoms with van der Waals surface area (Å²) in [6.45, 7) is 3.78. The first-order valence-electron chi connectivity index (χ1n) is 8.51. The number of amides is 1. The lowest BCUT2D eigenvalue weighted by Crippen LogP contribution is -2.42. The first-order valence-corrected chi connectivity index (χ1v) is 8.51. The first-order chi connectivity index (χ1) is 12.0. The van der Waals surface area contributed by atoms with E-state index in [-0.39, 0.29) is 18.9 Å². The van der Waals surface area contributed by atoms with E-state index >= 15 is 0 Å². The Morgan fingerprint density at radius 1 is 1.20 bits per heavy atom. The summed E-state index contributed by atoms with van der Waals surface area (Å²) in [6, 6.07) is 9.62. The second-order valence-electron chi connectivity index (χ2n) is 6.05. The van der Waals surface area contributed by atoms with E-state index in [1.165, 1.54) is 0 Å². The number of carboxylic acid groups (broad SMARTS) is 1. The van der Waals surface area contributed by atoms with Gasteiger partial charge in [0.05, 0.1) is 11.6 Å². The van der Waals surface area contributed by atoms with Gasteiger partial charge in [-0.1, -0.05) is 44.2 Å². The van der Waals surface area contributed by atoms with Gasteiger partial charge in [0.1, 0.15) is 0 Å². The van der Waals surface area contributed by atoms with Crippen molar-refractivity contribution in [2.75, 3.05) is 6.54 Å². The van der Waals surface area contributed by atoms with E-state index in [1.54, 1.807) is 6.20 Å². The van der Waals surface area contributed by atoms with Crippen molar-refractivity contribution in [1.29, 1.82) is 0 Å². The molecule has 1 heterocycles. The van der Waals surface area contributed by atoms with E-state index in [9.17, 15) is 14.7 Å². The second-order valence-corrected chi connectivity index (χ2v) is 6.05. The summed E-state index contributed by atoms with van der Waals surface area (Å²) in [7, 11) is 0. The summed E-state index contributed by atoms with van der Waals surface area (Å²) in [6.07, 6.45) is 3.17. The van der Waals surface area contributed by atoms with Gasteiger partial charge in [-0.15, -0.1) is 0 Å². The van der Waals surface area contributed by atoms with Crippen molar-refractivity contribution in [2.45, 2.75) is 39.5 Å². The van der Waals surface area contributed by atoms with E-state index in [0.29, 0.717) is 30.9 Å². The molecule has 0 radical (unpaired) electrons. The minimum Gasteiger partial charge on any atom is -0.481 e. The van der Waals surface area contributed by atoms with Crippen molar-refractivity contribution in [3.63, 3.8) is 0 Å². The third-order valence-corrected chi connectivity index (χ3v) is 4.61. The zero-order valence-corrected chi connectivity index (χ0v) is 14.6. The molecule has 0 aliphatic rings. The van der Waals surface area contributed by atoms with E-state index in [0.717, 1.165) is 5.56 Å².